The Morgan fingerprint density at radius 3 is 2.65 bits per heavy atom. The van der Waals surface area contributed by atoms with Crippen molar-refractivity contribution in [3.8, 4) is 6.07 Å². The summed E-state index contributed by atoms with van der Waals surface area (Å²) >= 11 is 11.6. The molecule has 1 aliphatic heterocycles. The van der Waals surface area contributed by atoms with Gasteiger partial charge < -0.3 is 10.2 Å². The molecule has 2 rings (SSSR count). The van der Waals surface area contributed by atoms with E-state index >= 15 is 0 Å². The molecule has 1 amide bonds. The van der Waals surface area contributed by atoms with Crippen LogP contribution in [0.25, 0.3) is 0 Å². The van der Waals surface area contributed by atoms with Crippen LogP contribution in [0.4, 0.5) is 0 Å². The van der Waals surface area contributed by atoms with Gasteiger partial charge in [0, 0.05) is 13.1 Å². The summed E-state index contributed by atoms with van der Waals surface area (Å²) in [5, 5.41) is 12.4. The second-order valence-corrected chi connectivity index (χ2v) is 5.67. The molecule has 0 aliphatic carbocycles. The average molecular weight is 313 g/mol. The van der Waals surface area contributed by atoms with Gasteiger partial charge in [-0.05, 0) is 32.0 Å². The van der Waals surface area contributed by atoms with Crippen LogP contribution in [0.3, 0.4) is 0 Å². The number of hydrogen-bond donors (Lipinski definition) is 1. The van der Waals surface area contributed by atoms with Crippen LogP contribution < -0.4 is 5.32 Å². The summed E-state index contributed by atoms with van der Waals surface area (Å²) in [6.07, 6.45) is 1.18. The number of aromatic nitrogens is 1. The van der Waals surface area contributed by atoms with E-state index in [0.29, 0.717) is 12.8 Å². The molecule has 1 aliphatic rings. The van der Waals surface area contributed by atoms with Crippen LogP contribution in [0.5, 0.6) is 0 Å². The number of hydrogen-bond acceptors (Lipinski definition) is 4. The Labute approximate surface area is 127 Å². The first kappa shape index (κ1) is 15.0. The van der Waals surface area contributed by atoms with E-state index in [2.05, 4.69) is 21.3 Å². The third-order valence-corrected chi connectivity index (χ3v) is 3.97. The van der Waals surface area contributed by atoms with Crippen LogP contribution in [-0.2, 0) is 0 Å². The lowest BCUT2D eigenvalue weighted by Gasteiger charge is -2.36. The summed E-state index contributed by atoms with van der Waals surface area (Å²) in [6.45, 7) is 1.53. The first-order valence-corrected chi connectivity index (χ1v) is 6.96. The van der Waals surface area contributed by atoms with Gasteiger partial charge in [-0.2, -0.15) is 5.26 Å². The quantitative estimate of drug-likeness (QED) is 0.849. The average Bonchev–Trinajstić information content (AvgIpc) is 2.41. The molecule has 5 nitrogen and oxygen atoms in total. The van der Waals surface area contributed by atoms with E-state index in [4.69, 9.17) is 23.2 Å². The van der Waals surface area contributed by atoms with Crippen molar-refractivity contribution in [3.63, 3.8) is 0 Å². The minimum Gasteiger partial charge on any atom is -0.334 e. The van der Waals surface area contributed by atoms with Crippen molar-refractivity contribution in [1.82, 2.24) is 15.2 Å². The molecule has 1 N–H and O–H groups in total. The van der Waals surface area contributed by atoms with Crippen molar-refractivity contribution in [2.75, 3.05) is 20.1 Å². The second-order valence-electron chi connectivity index (χ2n) is 4.92. The molecule has 0 saturated carbocycles. The van der Waals surface area contributed by atoms with Gasteiger partial charge in [-0.25, -0.2) is 4.98 Å². The summed E-state index contributed by atoms with van der Waals surface area (Å²) in [6, 6.07) is 5.22. The Kier molecular flexibility index (Phi) is 4.48. The molecule has 2 heterocycles. The van der Waals surface area contributed by atoms with E-state index in [1.807, 2.05) is 7.05 Å². The minimum absolute atomic E-state index is 0.0380. The Hall–Kier alpha value is -1.35. The molecule has 0 unspecified atom stereocenters. The van der Waals surface area contributed by atoms with Crippen LogP contribution in [-0.4, -0.2) is 41.5 Å². The third-order valence-electron chi connectivity index (χ3n) is 3.47. The van der Waals surface area contributed by atoms with Gasteiger partial charge >= 0.3 is 0 Å². The Bertz CT molecular complexity index is 562. The van der Waals surface area contributed by atoms with E-state index in [-0.39, 0.29) is 15.9 Å². The normalized spacial score (nSPS) is 18.3. The van der Waals surface area contributed by atoms with E-state index in [1.54, 1.807) is 0 Å². The van der Waals surface area contributed by atoms with Gasteiger partial charge in [0.2, 0.25) is 0 Å². The second kappa shape index (κ2) is 5.96. The standard InChI is InChI=1S/C13H14Cl2N4O/c1-19-6-4-13(8-16,5-7-19)18-12(20)9-2-3-10(14)17-11(9)15/h2-3H,4-7H2,1H3,(H,18,20). The van der Waals surface area contributed by atoms with Crippen LogP contribution >= 0.6 is 23.2 Å². The molecule has 1 fully saturated rings. The molecule has 20 heavy (non-hydrogen) atoms. The molecule has 1 aromatic heterocycles. The van der Waals surface area contributed by atoms with Crippen LogP contribution in [0.1, 0.15) is 23.2 Å². The van der Waals surface area contributed by atoms with Crippen LogP contribution in [0.2, 0.25) is 10.3 Å². The number of amides is 1. The fourth-order valence-corrected chi connectivity index (χ4v) is 2.56. The molecule has 1 aromatic rings. The maximum absolute atomic E-state index is 12.2. The SMILES string of the molecule is CN1CCC(C#N)(NC(=O)c2ccc(Cl)nc2Cl)CC1. The van der Waals surface area contributed by atoms with Crippen molar-refractivity contribution in [2.24, 2.45) is 0 Å². The number of pyridine rings is 1. The summed E-state index contributed by atoms with van der Waals surface area (Å²) < 4.78 is 0. The number of rotatable bonds is 2. The number of halogens is 2. The fourth-order valence-electron chi connectivity index (χ4n) is 2.13. The predicted octanol–water partition coefficient (Wildman–Crippen LogP) is 2.11. The van der Waals surface area contributed by atoms with Crippen molar-refractivity contribution in [2.45, 2.75) is 18.4 Å². The number of nitrogens with one attached hydrogen (secondary N) is 1. The molecule has 0 bridgehead atoms. The summed E-state index contributed by atoms with van der Waals surface area (Å²) in [5.41, 5.74) is -0.614. The van der Waals surface area contributed by atoms with Crippen LogP contribution in [0, 0.1) is 11.3 Å². The zero-order valence-corrected chi connectivity index (χ0v) is 12.5. The van der Waals surface area contributed by atoms with E-state index < -0.39 is 11.4 Å². The molecule has 0 aromatic carbocycles. The molecular formula is C13H14Cl2N4O. The zero-order chi connectivity index (χ0) is 14.8. The summed E-state index contributed by atoms with van der Waals surface area (Å²) in [4.78, 5) is 18.2. The maximum Gasteiger partial charge on any atom is 0.255 e. The molecule has 7 heteroatoms. The van der Waals surface area contributed by atoms with Crippen molar-refractivity contribution < 1.29 is 4.79 Å². The van der Waals surface area contributed by atoms with E-state index in [9.17, 15) is 10.1 Å². The highest BCUT2D eigenvalue weighted by molar-refractivity contribution is 6.34. The number of carbonyl (C=O) groups is 1. The zero-order valence-electron chi connectivity index (χ0n) is 11.0. The highest BCUT2D eigenvalue weighted by Crippen LogP contribution is 2.23. The number of likely N-dealkylation sites (tertiary alicyclic amines) is 1. The Morgan fingerprint density at radius 1 is 1.45 bits per heavy atom. The fraction of sp³-hybridized carbons (Fsp3) is 0.462. The van der Waals surface area contributed by atoms with E-state index in [0.717, 1.165) is 13.1 Å². The Balaban J connectivity index is 2.16. The summed E-state index contributed by atoms with van der Waals surface area (Å²) in [5.74, 6) is -0.398. The van der Waals surface area contributed by atoms with Gasteiger partial charge in [-0.3, -0.25) is 4.79 Å². The maximum atomic E-state index is 12.2. The molecule has 0 atom stereocenters. The lowest BCUT2D eigenvalue weighted by Crippen LogP contribution is -2.53. The molecule has 0 radical (unpaired) electrons. The Morgan fingerprint density at radius 2 is 2.10 bits per heavy atom. The topological polar surface area (TPSA) is 69.0 Å². The predicted molar refractivity (Wildman–Crippen MR) is 76.8 cm³/mol. The number of nitriles is 1. The van der Waals surface area contributed by atoms with Gasteiger partial charge in [-0.15, -0.1) is 0 Å². The van der Waals surface area contributed by atoms with Crippen LogP contribution in [0.15, 0.2) is 12.1 Å². The molecule has 106 valence electrons. The summed E-state index contributed by atoms with van der Waals surface area (Å²) in [7, 11) is 1.99. The van der Waals surface area contributed by atoms with Crippen molar-refractivity contribution in [1.29, 1.82) is 5.26 Å². The minimum atomic E-state index is -0.841. The van der Waals surface area contributed by atoms with Gasteiger partial charge in [0.15, 0.2) is 0 Å². The van der Waals surface area contributed by atoms with Gasteiger partial charge in [0.1, 0.15) is 15.8 Å². The third kappa shape index (κ3) is 3.21. The molecule has 1 saturated heterocycles. The van der Waals surface area contributed by atoms with E-state index in [1.165, 1.54) is 12.1 Å². The first-order chi connectivity index (χ1) is 9.46. The lowest BCUT2D eigenvalue weighted by molar-refractivity contribution is 0.0882. The first-order valence-electron chi connectivity index (χ1n) is 6.20. The number of piperidine rings is 1. The van der Waals surface area contributed by atoms with Gasteiger partial charge in [-0.1, -0.05) is 23.2 Å². The monoisotopic (exact) mass is 312 g/mol. The number of nitrogens with zero attached hydrogens (tertiary/aromatic N) is 3. The van der Waals surface area contributed by atoms with Crippen molar-refractivity contribution in [3.05, 3.63) is 28.0 Å². The van der Waals surface area contributed by atoms with Gasteiger partial charge in [0.05, 0.1) is 11.6 Å². The van der Waals surface area contributed by atoms with Crippen molar-refractivity contribution >= 4 is 29.1 Å². The highest BCUT2D eigenvalue weighted by Gasteiger charge is 2.35. The molecule has 0 spiro atoms. The highest BCUT2D eigenvalue weighted by atomic mass is 35.5. The van der Waals surface area contributed by atoms with Gasteiger partial charge in [0.25, 0.3) is 5.91 Å². The smallest absolute Gasteiger partial charge is 0.255 e. The number of carbonyl (C=O) groups excluding carboxylic acids is 1. The lowest BCUT2D eigenvalue weighted by atomic mass is 9.89. The molecular weight excluding hydrogens is 299 g/mol. The largest absolute Gasteiger partial charge is 0.334 e.